The third-order valence-corrected chi connectivity index (χ3v) is 3.25. The van der Waals surface area contributed by atoms with E-state index < -0.39 is 0 Å². The first kappa shape index (κ1) is 15.9. The summed E-state index contributed by atoms with van der Waals surface area (Å²) < 4.78 is 0. The van der Waals surface area contributed by atoms with Gasteiger partial charge in [-0.3, -0.25) is 0 Å². The van der Waals surface area contributed by atoms with Crippen molar-refractivity contribution in [1.82, 2.24) is 15.5 Å². The molecular formula is C15H28N4. The van der Waals surface area contributed by atoms with Gasteiger partial charge in [0.15, 0.2) is 0 Å². The van der Waals surface area contributed by atoms with E-state index >= 15 is 0 Å². The van der Waals surface area contributed by atoms with Crippen LogP contribution in [0.4, 0.5) is 5.82 Å². The molecule has 108 valence electrons. The fraction of sp³-hybridized carbons (Fsp3) is 0.733. The van der Waals surface area contributed by atoms with Crippen LogP contribution < -0.4 is 10.6 Å². The summed E-state index contributed by atoms with van der Waals surface area (Å²) in [6.07, 6.45) is 2.40. The van der Waals surface area contributed by atoms with Crippen molar-refractivity contribution in [3.63, 3.8) is 0 Å². The van der Waals surface area contributed by atoms with E-state index in [1.807, 2.05) is 12.1 Å². The number of anilines is 1. The Kier molecular flexibility index (Phi) is 6.22. The number of nitrogens with zero attached hydrogens (tertiary/aromatic N) is 2. The molecule has 0 radical (unpaired) electrons. The molecule has 0 aliphatic rings. The maximum absolute atomic E-state index is 4.24. The minimum Gasteiger partial charge on any atom is -0.368 e. The van der Waals surface area contributed by atoms with Gasteiger partial charge >= 0.3 is 0 Å². The van der Waals surface area contributed by atoms with Crippen molar-refractivity contribution < 1.29 is 0 Å². The number of hydrogen-bond donors (Lipinski definition) is 2. The molecule has 4 heteroatoms. The van der Waals surface area contributed by atoms with Gasteiger partial charge in [-0.15, -0.1) is 5.10 Å². The molecule has 0 aliphatic heterocycles. The molecule has 1 heterocycles. The Morgan fingerprint density at radius 1 is 1.11 bits per heavy atom. The first-order valence-corrected chi connectivity index (χ1v) is 7.26. The van der Waals surface area contributed by atoms with Gasteiger partial charge in [-0.25, -0.2) is 0 Å². The highest BCUT2D eigenvalue weighted by atomic mass is 15.2. The smallest absolute Gasteiger partial charge is 0.148 e. The van der Waals surface area contributed by atoms with Gasteiger partial charge in [0.25, 0.3) is 0 Å². The highest BCUT2D eigenvalue weighted by Gasteiger charge is 2.09. The van der Waals surface area contributed by atoms with Crippen LogP contribution in [0.5, 0.6) is 0 Å². The van der Waals surface area contributed by atoms with E-state index in [1.165, 1.54) is 12.8 Å². The van der Waals surface area contributed by atoms with Gasteiger partial charge in [0, 0.05) is 18.6 Å². The largest absolute Gasteiger partial charge is 0.368 e. The van der Waals surface area contributed by atoms with Gasteiger partial charge in [-0.2, -0.15) is 5.10 Å². The van der Waals surface area contributed by atoms with Gasteiger partial charge in [0.2, 0.25) is 0 Å². The van der Waals surface area contributed by atoms with Crippen molar-refractivity contribution in [3.8, 4) is 0 Å². The third-order valence-electron chi connectivity index (χ3n) is 3.25. The Morgan fingerprint density at radius 3 is 2.26 bits per heavy atom. The molecule has 0 spiro atoms. The van der Waals surface area contributed by atoms with Gasteiger partial charge in [-0.05, 0) is 38.8 Å². The van der Waals surface area contributed by atoms with Crippen molar-refractivity contribution in [1.29, 1.82) is 0 Å². The molecule has 0 atom stereocenters. The first-order valence-electron chi connectivity index (χ1n) is 7.26. The Morgan fingerprint density at radius 2 is 1.79 bits per heavy atom. The van der Waals surface area contributed by atoms with Gasteiger partial charge < -0.3 is 10.6 Å². The van der Waals surface area contributed by atoms with Crippen LogP contribution in [0.3, 0.4) is 0 Å². The fourth-order valence-electron chi connectivity index (χ4n) is 1.73. The molecule has 0 saturated heterocycles. The molecule has 0 amide bonds. The number of nitrogens with one attached hydrogen (secondary N) is 2. The standard InChI is InChI=1S/C15H28N4/c1-6-12(7-2)10-16-14-9-8-13(18-19-14)11-17-15(3,4)5/h8-9,12,17H,6-7,10-11H2,1-5H3,(H,16,19). The zero-order chi connectivity index (χ0) is 14.3. The van der Waals surface area contributed by atoms with Crippen LogP contribution >= 0.6 is 0 Å². The quantitative estimate of drug-likeness (QED) is 0.794. The number of rotatable bonds is 7. The molecule has 0 saturated carbocycles. The van der Waals surface area contributed by atoms with Crippen LogP contribution in [0.2, 0.25) is 0 Å². The molecule has 1 aromatic heterocycles. The summed E-state index contributed by atoms with van der Waals surface area (Å²) in [6, 6.07) is 4.04. The molecule has 0 unspecified atom stereocenters. The summed E-state index contributed by atoms with van der Waals surface area (Å²) in [5, 5.41) is 15.2. The minimum absolute atomic E-state index is 0.105. The number of hydrogen-bond acceptors (Lipinski definition) is 4. The zero-order valence-electron chi connectivity index (χ0n) is 13.0. The molecule has 4 nitrogen and oxygen atoms in total. The van der Waals surface area contributed by atoms with Crippen molar-refractivity contribution in [2.75, 3.05) is 11.9 Å². The van der Waals surface area contributed by atoms with E-state index in [4.69, 9.17) is 0 Å². The van der Waals surface area contributed by atoms with Gasteiger partial charge in [0.1, 0.15) is 5.82 Å². The van der Waals surface area contributed by atoms with Crippen molar-refractivity contribution in [2.45, 2.75) is 59.5 Å². The normalized spacial score (nSPS) is 11.9. The van der Waals surface area contributed by atoms with E-state index in [-0.39, 0.29) is 5.54 Å². The topological polar surface area (TPSA) is 49.8 Å². The van der Waals surface area contributed by atoms with E-state index in [2.05, 4.69) is 55.4 Å². The molecule has 2 N–H and O–H groups in total. The fourth-order valence-corrected chi connectivity index (χ4v) is 1.73. The summed E-state index contributed by atoms with van der Waals surface area (Å²) in [4.78, 5) is 0. The SMILES string of the molecule is CCC(CC)CNc1ccc(CNC(C)(C)C)nn1. The van der Waals surface area contributed by atoms with E-state index in [0.29, 0.717) is 5.92 Å². The first-order chi connectivity index (χ1) is 8.94. The highest BCUT2D eigenvalue weighted by Crippen LogP contribution is 2.10. The minimum atomic E-state index is 0.105. The van der Waals surface area contributed by atoms with Crippen molar-refractivity contribution >= 4 is 5.82 Å². The molecule has 0 bridgehead atoms. The maximum atomic E-state index is 4.24. The lowest BCUT2D eigenvalue weighted by atomic mass is 10.0. The van der Waals surface area contributed by atoms with E-state index in [1.54, 1.807) is 0 Å². The Hall–Kier alpha value is -1.16. The molecule has 1 rings (SSSR count). The van der Waals surface area contributed by atoms with E-state index in [0.717, 1.165) is 24.6 Å². The average molecular weight is 264 g/mol. The third kappa shape index (κ3) is 6.53. The van der Waals surface area contributed by atoms with E-state index in [9.17, 15) is 0 Å². The van der Waals surface area contributed by atoms with Crippen LogP contribution in [0, 0.1) is 5.92 Å². The Balaban J connectivity index is 2.43. The van der Waals surface area contributed by atoms with Crippen LogP contribution in [0.1, 0.15) is 53.2 Å². The monoisotopic (exact) mass is 264 g/mol. The van der Waals surface area contributed by atoms with Gasteiger partial charge in [-0.1, -0.05) is 26.7 Å². The van der Waals surface area contributed by atoms with Crippen LogP contribution in [-0.4, -0.2) is 22.3 Å². The predicted octanol–water partition coefficient (Wildman–Crippen LogP) is 3.21. The number of aromatic nitrogens is 2. The van der Waals surface area contributed by atoms with Crippen molar-refractivity contribution in [3.05, 3.63) is 17.8 Å². The summed E-state index contributed by atoms with van der Waals surface area (Å²) in [5.74, 6) is 1.58. The van der Waals surface area contributed by atoms with Crippen LogP contribution in [-0.2, 0) is 6.54 Å². The zero-order valence-corrected chi connectivity index (χ0v) is 13.0. The summed E-state index contributed by atoms with van der Waals surface area (Å²) in [7, 11) is 0. The molecular weight excluding hydrogens is 236 g/mol. The van der Waals surface area contributed by atoms with Crippen molar-refractivity contribution in [2.24, 2.45) is 5.92 Å². The second kappa shape index (κ2) is 7.43. The highest BCUT2D eigenvalue weighted by molar-refractivity contribution is 5.32. The van der Waals surface area contributed by atoms with Crippen LogP contribution in [0.25, 0.3) is 0 Å². The summed E-state index contributed by atoms with van der Waals surface area (Å²) >= 11 is 0. The Bertz CT molecular complexity index is 349. The molecule has 0 aliphatic carbocycles. The Labute approximate surface area is 117 Å². The second-order valence-corrected chi connectivity index (χ2v) is 6.08. The second-order valence-electron chi connectivity index (χ2n) is 6.08. The lowest BCUT2D eigenvalue weighted by Crippen LogP contribution is -2.35. The molecule has 0 aromatic carbocycles. The molecule has 1 aromatic rings. The maximum Gasteiger partial charge on any atom is 0.148 e. The van der Waals surface area contributed by atoms with Crippen LogP contribution in [0.15, 0.2) is 12.1 Å². The molecule has 19 heavy (non-hydrogen) atoms. The molecule has 0 fully saturated rings. The lowest BCUT2D eigenvalue weighted by molar-refractivity contribution is 0.420. The van der Waals surface area contributed by atoms with Gasteiger partial charge in [0.05, 0.1) is 5.69 Å². The predicted molar refractivity (Wildman–Crippen MR) is 81.2 cm³/mol. The lowest BCUT2D eigenvalue weighted by Gasteiger charge is -2.20. The summed E-state index contributed by atoms with van der Waals surface area (Å²) in [6.45, 7) is 12.6. The summed E-state index contributed by atoms with van der Waals surface area (Å²) in [5.41, 5.74) is 1.08. The average Bonchev–Trinajstić information content (AvgIpc) is 2.38.